The Morgan fingerprint density at radius 1 is 1.03 bits per heavy atom. The number of hydrogen-bond donors (Lipinski definition) is 3. The van der Waals surface area contributed by atoms with Crippen molar-refractivity contribution in [3.63, 3.8) is 0 Å². The summed E-state index contributed by atoms with van der Waals surface area (Å²) in [5, 5.41) is 11.7. The molecular weight excluding hydrogens is 440 g/mol. The van der Waals surface area contributed by atoms with E-state index >= 15 is 0 Å². The number of anilines is 2. The molecule has 0 radical (unpaired) electrons. The van der Waals surface area contributed by atoms with Crippen LogP contribution < -0.4 is 25.4 Å². The van der Waals surface area contributed by atoms with Crippen LogP contribution in [0.2, 0.25) is 5.02 Å². The quantitative estimate of drug-likeness (QED) is 0.432. The van der Waals surface area contributed by atoms with E-state index in [2.05, 4.69) is 30.8 Å². The van der Waals surface area contributed by atoms with Crippen LogP contribution in [0, 0.1) is 0 Å². The smallest absolute Gasteiger partial charge is 0.162 e. The van der Waals surface area contributed by atoms with Gasteiger partial charge < -0.3 is 30.3 Å². The lowest BCUT2D eigenvalue weighted by molar-refractivity contribution is 0.233. The van der Waals surface area contributed by atoms with Gasteiger partial charge in [-0.05, 0) is 30.7 Å². The molecule has 8 nitrogen and oxygen atoms in total. The van der Waals surface area contributed by atoms with Gasteiger partial charge in [-0.2, -0.15) is 0 Å². The molecule has 3 aromatic rings. The molecule has 9 heteroatoms. The molecule has 1 aliphatic rings. The zero-order valence-electron chi connectivity index (χ0n) is 18.9. The molecule has 3 N–H and O–H groups in total. The Kier molecular flexibility index (Phi) is 8.54. The first kappa shape index (κ1) is 23.5. The fourth-order valence-corrected chi connectivity index (χ4v) is 4.04. The molecule has 2 aromatic carbocycles. The van der Waals surface area contributed by atoms with Crippen LogP contribution >= 0.6 is 11.6 Å². The summed E-state index contributed by atoms with van der Waals surface area (Å²) in [5.41, 5.74) is 1.63. The third-order valence-corrected chi connectivity index (χ3v) is 5.81. The third-order valence-electron chi connectivity index (χ3n) is 5.57. The highest BCUT2D eigenvalue weighted by molar-refractivity contribution is 6.30. The van der Waals surface area contributed by atoms with E-state index in [1.807, 2.05) is 36.4 Å². The van der Waals surface area contributed by atoms with Crippen molar-refractivity contribution in [1.29, 1.82) is 0 Å². The fraction of sp³-hybridized carbons (Fsp3) is 0.417. The second-order valence-corrected chi connectivity index (χ2v) is 8.36. The minimum Gasteiger partial charge on any atom is -0.493 e. The summed E-state index contributed by atoms with van der Waals surface area (Å²) in [5.74, 6) is 2.03. The average Bonchev–Trinajstić information content (AvgIpc) is 2.96. The molecule has 1 saturated heterocycles. The molecule has 0 amide bonds. The Balaban J connectivity index is 1.44. The van der Waals surface area contributed by atoms with Gasteiger partial charge in [0.2, 0.25) is 0 Å². The number of ether oxygens (including phenoxy) is 2. The highest BCUT2D eigenvalue weighted by Gasteiger charge is 2.13. The lowest BCUT2D eigenvalue weighted by atomic mass is 10.2. The van der Waals surface area contributed by atoms with Gasteiger partial charge in [-0.15, -0.1) is 0 Å². The van der Waals surface area contributed by atoms with E-state index in [1.54, 1.807) is 7.11 Å². The van der Waals surface area contributed by atoms with Crippen LogP contribution in [-0.4, -0.2) is 74.4 Å². The lowest BCUT2D eigenvalue weighted by Gasteiger charge is -2.21. The second kappa shape index (κ2) is 12.0. The van der Waals surface area contributed by atoms with E-state index in [0.29, 0.717) is 28.9 Å². The van der Waals surface area contributed by atoms with Crippen molar-refractivity contribution in [2.75, 3.05) is 64.8 Å². The number of fused-ring (bicyclic) bond motifs is 1. The Labute approximate surface area is 199 Å². The summed E-state index contributed by atoms with van der Waals surface area (Å²) in [4.78, 5) is 11.3. The molecule has 0 unspecified atom stereocenters. The van der Waals surface area contributed by atoms with Crippen molar-refractivity contribution in [2.45, 2.75) is 6.42 Å². The summed E-state index contributed by atoms with van der Waals surface area (Å²) in [6.45, 7) is 7.78. The Hall–Kier alpha value is -2.65. The van der Waals surface area contributed by atoms with E-state index in [1.165, 1.54) is 6.33 Å². The molecule has 0 spiro atoms. The van der Waals surface area contributed by atoms with Crippen LogP contribution in [0.5, 0.6) is 11.5 Å². The average molecular weight is 471 g/mol. The molecule has 2 heterocycles. The predicted octanol–water partition coefficient (Wildman–Crippen LogP) is 3.30. The highest BCUT2D eigenvalue weighted by Crippen LogP contribution is 2.35. The number of halogens is 1. The summed E-state index contributed by atoms with van der Waals surface area (Å²) in [6, 6.07) is 11.4. The van der Waals surface area contributed by atoms with Crippen LogP contribution in [0.1, 0.15) is 6.42 Å². The van der Waals surface area contributed by atoms with Crippen molar-refractivity contribution >= 4 is 34.0 Å². The van der Waals surface area contributed by atoms with Crippen LogP contribution in [0.25, 0.3) is 10.9 Å². The van der Waals surface area contributed by atoms with Crippen LogP contribution in [0.4, 0.5) is 11.5 Å². The van der Waals surface area contributed by atoms with Crippen molar-refractivity contribution in [3.8, 4) is 11.5 Å². The van der Waals surface area contributed by atoms with E-state index < -0.39 is 0 Å². The van der Waals surface area contributed by atoms with Gasteiger partial charge in [0.05, 0.1) is 19.2 Å². The SMILES string of the molecule is COc1cc2ncnc(Nc3cccc(Cl)c3)c2cc1OCCCN1CCNCCNCC1. The molecule has 176 valence electrons. The summed E-state index contributed by atoms with van der Waals surface area (Å²) >= 11 is 6.13. The van der Waals surface area contributed by atoms with E-state index in [4.69, 9.17) is 21.1 Å². The van der Waals surface area contributed by atoms with Gasteiger partial charge in [-0.1, -0.05) is 17.7 Å². The van der Waals surface area contributed by atoms with Gasteiger partial charge in [0, 0.05) is 68.0 Å². The predicted molar refractivity (Wildman–Crippen MR) is 133 cm³/mol. The number of methoxy groups -OCH3 is 1. The van der Waals surface area contributed by atoms with Gasteiger partial charge in [0.1, 0.15) is 12.1 Å². The molecule has 0 saturated carbocycles. The topological polar surface area (TPSA) is 83.6 Å². The van der Waals surface area contributed by atoms with Gasteiger partial charge in [-0.25, -0.2) is 9.97 Å². The summed E-state index contributed by atoms with van der Waals surface area (Å²) < 4.78 is 11.7. The van der Waals surface area contributed by atoms with Gasteiger partial charge in [-0.3, -0.25) is 0 Å². The first-order valence-corrected chi connectivity index (χ1v) is 11.7. The Bertz CT molecular complexity index is 1040. The molecule has 1 aliphatic heterocycles. The number of nitrogens with zero attached hydrogens (tertiary/aromatic N) is 3. The first-order chi connectivity index (χ1) is 16.2. The maximum absolute atomic E-state index is 6.14. The minimum absolute atomic E-state index is 0.601. The molecule has 0 bridgehead atoms. The number of aromatic nitrogens is 2. The molecule has 0 aliphatic carbocycles. The van der Waals surface area contributed by atoms with Crippen LogP contribution in [0.15, 0.2) is 42.7 Å². The number of nitrogens with one attached hydrogen (secondary N) is 3. The van der Waals surface area contributed by atoms with Crippen molar-refractivity contribution in [3.05, 3.63) is 47.7 Å². The molecule has 4 rings (SSSR count). The number of rotatable bonds is 8. The standard InChI is InChI=1S/C24H31ClN6O2/c1-32-22-16-21-20(24(29-17-28-21)30-19-5-2-4-18(25)14-19)15-23(22)33-13-3-10-31-11-8-26-6-7-27-9-12-31/h2,4-5,14-17,26-27H,3,6-13H2,1H3,(H,28,29,30). The van der Waals surface area contributed by atoms with Gasteiger partial charge >= 0.3 is 0 Å². The molecule has 1 aromatic heterocycles. The zero-order chi connectivity index (χ0) is 22.9. The summed E-state index contributed by atoms with van der Waals surface area (Å²) in [6.07, 6.45) is 2.46. The first-order valence-electron chi connectivity index (χ1n) is 11.3. The second-order valence-electron chi connectivity index (χ2n) is 7.92. The van der Waals surface area contributed by atoms with Gasteiger partial charge in [0.25, 0.3) is 0 Å². The largest absolute Gasteiger partial charge is 0.493 e. The zero-order valence-corrected chi connectivity index (χ0v) is 19.7. The highest BCUT2D eigenvalue weighted by atomic mass is 35.5. The molecule has 1 fully saturated rings. The Morgan fingerprint density at radius 2 is 1.85 bits per heavy atom. The van der Waals surface area contributed by atoms with E-state index in [-0.39, 0.29) is 0 Å². The van der Waals surface area contributed by atoms with Crippen molar-refractivity contribution in [2.24, 2.45) is 0 Å². The monoisotopic (exact) mass is 470 g/mol. The van der Waals surface area contributed by atoms with E-state index in [0.717, 1.165) is 68.8 Å². The number of benzene rings is 2. The normalized spacial score (nSPS) is 15.5. The summed E-state index contributed by atoms with van der Waals surface area (Å²) in [7, 11) is 1.64. The fourth-order valence-electron chi connectivity index (χ4n) is 3.85. The maximum Gasteiger partial charge on any atom is 0.162 e. The Morgan fingerprint density at radius 3 is 2.61 bits per heavy atom. The van der Waals surface area contributed by atoms with Gasteiger partial charge in [0.15, 0.2) is 11.5 Å². The van der Waals surface area contributed by atoms with Crippen molar-refractivity contribution < 1.29 is 9.47 Å². The molecule has 33 heavy (non-hydrogen) atoms. The third kappa shape index (κ3) is 6.68. The minimum atomic E-state index is 0.601. The van der Waals surface area contributed by atoms with E-state index in [9.17, 15) is 0 Å². The molecule has 0 atom stereocenters. The molecular formula is C24H31ClN6O2. The number of hydrogen-bond acceptors (Lipinski definition) is 8. The van der Waals surface area contributed by atoms with Crippen LogP contribution in [-0.2, 0) is 0 Å². The maximum atomic E-state index is 6.14. The lowest BCUT2D eigenvalue weighted by Crippen LogP contribution is -2.35. The van der Waals surface area contributed by atoms with Crippen molar-refractivity contribution in [1.82, 2.24) is 25.5 Å². The van der Waals surface area contributed by atoms with Crippen LogP contribution in [0.3, 0.4) is 0 Å².